The molecule has 0 saturated carbocycles. The van der Waals surface area contributed by atoms with E-state index in [4.69, 9.17) is 5.73 Å². The molecule has 0 saturated heterocycles. The lowest BCUT2D eigenvalue weighted by atomic mass is 10.3. The van der Waals surface area contributed by atoms with E-state index in [0.29, 0.717) is 5.82 Å². The zero-order valence-electron chi connectivity index (χ0n) is 9.75. The Kier molecular flexibility index (Phi) is 3.65. The van der Waals surface area contributed by atoms with Crippen molar-refractivity contribution in [2.45, 2.75) is 18.4 Å². The van der Waals surface area contributed by atoms with Gasteiger partial charge in [-0.3, -0.25) is 0 Å². The predicted octanol–water partition coefficient (Wildman–Crippen LogP) is 1.51. The fourth-order valence-corrected chi connectivity index (χ4v) is 3.26. The van der Waals surface area contributed by atoms with Gasteiger partial charge in [0.15, 0.2) is 0 Å². The van der Waals surface area contributed by atoms with Crippen LogP contribution in [-0.4, -0.2) is 13.4 Å². The number of hydrogen-bond donors (Lipinski definition) is 2. The SMILES string of the molecule is Cc1ccsc1CNS(=O)(=O)c1ccc(N)nc1. The summed E-state index contributed by atoms with van der Waals surface area (Å²) in [5.41, 5.74) is 6.50. The number of pyridine rings is 1. The number of nitrogens with two attached hydrogens (primary N) is 1. The number of nitrogens with zero attached hydrogens (tertiary/aromatic N) is 1. The first-order valence-electron chi connectivity index (χ1n) is 5.23. The molecule has 2 aromatic rings. The van der Waals surface area contributed by atoms with E-state index in [2.05, 4.69) is 9.71 Å². The lowest BCUT2D eigenvalue weighted by molar-refractivity contribution is 0.581. The van der Waals surface area contributed by atoms with Crippen molar-refractivity contribution >= 4 is 27.2 Å². The molecule has 0 unspecified atom stereocenters. The van der Waals surface area contributed by atoms with Crippen molar-refractivity contribution < 1.29 is 8.42 Å². The minimum atomic E-state index is -3.53. The molecule has 0 bridgehead atoms. The fourth-order valence-electron chi connectivity index (χ4n) is 1.38. The van der Waals surface area contributed by atoms with Crippen molar-refractivity contribution in [2.24, 2.45) is 0 Å². The summed E-state index contributed by atoms with van der Waals surface area (Å²) in [6, 6.07) is 4.86. The number of nitrogens with one attached hydrogen (secondary N) is 1. The molecule has 2 aromatic heterocycles. The second-order valence-electron chi connectivity index (χ2n) is 3.77. The highest BCUT2D eigenvalue weighted by Crippen LogP contribution is 2.16. The van der Waals surface area contributed by atoms with Gasteiger partial charge in [0, 0.05) is 17.6 Å². The standard InChI is InChI=1S/C11H13N3O2S2/c1-8-4-5-17-10(8)7-14-18(15,16)9-2-3-11(12)13-6-9/h2-6,14H,7H2,1H3,(H2,12,13). The summed E-state index contributed by atoms with van der Waals surface area (Å²) in [5, 5.41) is 1.93. The largest absolute Gasteiger partial charge is 0.384 e. The second kappa shape index (κ2) is 5.05. The van der Waals surface area contributed by atoms with Crippen LogP contribution < -0.4 is 10.5 Å². The molecule has 2 rings (SSSR count). The Hall–Kier alpha value is -1.44. The Balaban J connectivity index is 2.13. The smallest absolute Gasteiger partial charge is 0.242 e. The third-order valence-corrected chi connectivity index (χ3v) is 4.87. The van der Waals surface area contributed by atoms with Crippen LogP contribution in [0.15, 0.2) is 34.7 Å². The number of aryl methyl sites for hydroxylation is 1. The number of nitrogen functional groups attached to an aromatic ring is 1. The van der Waals surface area contributed by atoms with E-state index in [1.807, 2.05) is 18.4 Å². The molecular weight excluding hydrogens is 270 g/mol. The molecule has 0 aliphatic heterocycles. The molecule has 0 aromatic carbocycles. The molecule has 0 aliphatic rings. The molecule has 96 valence electrons. The molecule has 5 nitrogen and oxygen atoms in total. The minimum Gasteiger partial charge on any atom is -0.384 e. The molecule has 0 atom stereocenters. The van der Waals surface area contributed by atoms with Gasteiger partial charge >= 0.3 is 0 Å². The Labute approximate surface area is 110 Å². The third-order valence-electron chi connectivity index (χ3n) is 2.46. The monoisotopic (exact) mass is 283 g/mol. The maximum absolute atomic E-state index is 12.0. The molecule has 0 radical (unpaired) electrons. The molecule has 0 aliphatic carbocycles. The first-order chi connectivity index (χ1) is 8.49. The van der Waals surface area contributed by atoms with Crippen molar-refractivity contribution in [3.05, 3.63) is 40.2 Å². The maximum atomic E-state index is 12.0. The predicted molar refractivity (Wildman–Crippen MR) is 71.7 cm³/mol. The van der Waals surface area contributed by atoms with E-state index >= 15 is 0 Å². The van der Waals surface area contributed by atoms with Crippen LogP contribution >= 0.6 is 11.3 Å². The Morgan fingerprint density at radius 1 is 1.39 bits per heavy atom. The summed E-state index contributed by atoms with van der Waals surface area (Å²) in [6.45, 7) is 2.24. The molecule has 18 heavy (non-hydrogen) atoms. The minimum absolute atomic E-state index is 0.117. The van der Waals surface area contributed by atoms with E-state index < -0.39 is 10.0 Å². The van der Waals surface area contributed by atoms with E-state index in [1.165, 1.54) is 29.7 Å². The van der Waals surface area contributed by atoms with Crippen LogP contribution in [0, 0.1) is 6.92 Å². The zero-order valence-corrected chi connectivity index (χ0v) is 11.4. The Morgan fingerprint density at radius 3 is 2.72 bits per heavy atom. The fraction of sp³-hybridized carbons (Fsp3) is 0.182. The summed E-state index contributed by atoms with van der Waals surface area (Å²) in [6.07, 6.45) is 1.25. The van der Waals surface area contributed by atoms with Crippen LogP contribution in [0.2, 0.25) is 0 Å². The number of anilines is 1. The van der Waals surface area contributed by atoms with Gasteiger partial charge in [-0.15, -0.1) is 11.3 Å². The second-order valence-corrected chi connectivity index (χ2v) is 6.54. The number of thiophene rings is 1. The number of hydrogen-bond acceptors (Lipinski definition) is 5. The summed E-state index contributed by atoms with van der Waals surface area (Å²) in [5.74, 6) is 0.294. The average molecular weight is 283 g/mol. The Morgan fingerprint density at radius 2 is 2.17 bits per heavy atom. The first kappa shape index (κ1) is 13.0. The molecule has 3 N–H and O–H groups in total. The molecular formula is C11H13N3O2S2. The van der Waals surface area contributed by atoms with Gasteiger partial charge in [0.1, 0.15) is 10.7 Å². The van der Waals surface area contributed by atoms with Gasteiger partial charge in [-0.25, -0.2) is 18.1 Å². The topological polar surface area (TPSA) is 85.1 Å². The quantitative estimate of drug-likeness (QED) is 0.890. The van der Waals surface area contributed by atoms with Crippen molar-refractivity contribution in [1.29, 1.82) is 0 Å². The highest BCUT2D eigenvalue weighted by atomic mass is 32.2. The van der Waals surface area contributed by atoms with Crippen LogP contribution in [0.1, 0.15) is 10.4 Å². The van der Waals surface area contributed by atoms with E-state index in [9.17, 15) is 8.42 Å². The van der Waals surface area contributed by atoms with Crippen molar-refractivity contribution in [1.82, 2.24) is 9.71 Å². The highest BCUT2D eigenvalue weighted by Gasteiger charge is 2.14. The van der Waals surface area contributed by atoms with E-state index in [1.54, 1.807) is 0 Å². The zero-order chi connectivity index (χ0) is 13.2. The van der Waals surface area contributed by atoms with E-state index in [-0.39, 0.29) is 11.4 Å². The van der Waals surface area contributed by atoms with Gasteiger partial charge in [0.2, 0.25) is 10.0 Å². The van der Waals surface area contributed by atoms with Crippen LogP contribution in [0.25, 0.3) is 0 Å². The normalized spacial score (nSPS) is 11.6. The maximum Gasteiger partial charge on any atom is 0.242 e. The van der Waals surface area contributed by atoms with Crippen molar-refractivity contribution in [2.75, 3.05) is 5.73 Å². The van der Waals surface area contributed by atoms with Crippen molar-refractivity contribution in [3.8, 4) is 0 Å². The van der Waals surface area contributed by atoms with Gasteiger partial charge in [-0.05, 0) is 36.1 Å². The third kappa shape index (κ3) is 2.87. The van der Waals surface area contributed by atoms with Crippen molar-refractivity contribution in [3.63, 3.8) is 0 Å². The molecule has 0 spiro atoms. The number of rotatable bonds is 4. The number of aromatic nitrogens is 1. The molecule has 7 heteroatoms. The van der Waals surface area contributed by atoms with Crippen LogP contribution in [0.3, 0.4) is 0 Å². The summed E-state index contributed by atoms with van der Waals surface area (Å²) < 4.78 is 26.5. The van der Waals surface area contributed by atoms with Gasteiger partial charge < -0.3 is 5.73 Å². The van der Waals surface area contributed by atoms with Crippen LogP contribution in [-0.2, 0) is 16.6 Å². The summed E-state index contributed by atoms with van der Waals surface area (Å²) in [4.78, 5) is 4.89. The van der Waals surface area contributed by atoms with E-state index in [0.717, 1.165) is 10.4 Å². The van der Waals surface area contributed by atoms with Gasteiger partial charge in [0.25, 0.3) is 0 Å². The number of sulfonamides is 1. The molecule has 0 fully saturated rings. The average Bonchev–Trinajstić information content (AvgIpc) is 2.73. The van der Waals surface area contributed by atoms with Crippen LogP contribution in [0.5, 0.6) is 0 Å². The van der Waals surface area contributed by atoms with Gasteiger partial charge in [-0.2, -0.15) is 0 Å². The Bertz CT molecular complexity index is 633. The molecule has 2 heterocycles. The van der Waals surface area contributed by atoms with Gasteiger partial charge in [-0.1, -0.05) is 0 Å². The summed E-state index contributed by atoms with van der Waals surface area (Å²) in [7, 11) is -3.53. The molecule has 0 amide bonds. The lowest BCUT2D eigenvalue weighted by Gasteiger charge is -2.06. The van der Waals surface area contributed by atoms with Gasteiger partial charge in [0.05, 0.1) is 0 Å². The van der Waals surface area contributed by atoms with Crippen LogP contribution in [0.4, 0.5) is 5.82 Å². The first-order valence-corrected chi connectivity index (χ1v) is 7.59. The highest BCUT2D eigenvalue weighted by molar-refractivity contribution is 7.89. The lowest BCUT2D eigenvalue weighted by Crippen LogP contribution is -2.23. The summed E-state index contributed by atoms with van der Waals surface area (Å²) >= 11 is 1.53.